The molecule has 0 unspecified atom stereocenters. The van der Waals surface area contributed by atoms with Crippen molar-refractivity contribution in [2.24, 2.45) is 7.05 Å². The monoisotopic (exact) mass is 362 g/mol. The molecule has 1 atom stereocenters. The molecule has 0 saturated heterocycles. The molecule has 0 aliphatic heterocycles. The molecule has 0 saturated carbocycles. The van der Waals surface area contributed by atoms with E-state index in [2.05, 4.69) is 17.4 Å². The van der Waals surface area contributed by atoms with Gasteiger partial charge in [0, 0.05) is 18.5 Å². The summed E-state index contributed by atoms with van der Waals surface area (Å²) >= 11 is 0. The van der Waals surface area contributed by atoms with Gasteiger partial charge in [-0.1, -0.05) is 36.4 Å². The van der Waals surface area contributed by atoms with Gasteiger partial charge in [0.2, 0.25) is 0 Å². The Labute approximate surface area is 157 Å². The van der Waals surface area contributed by atoms with Crippen LogP contribution in [0.5, 0.6) is 5.75 Å². The fourth-order valence-corrected chi connectivity index (χ4v) is 3.78. The minimum absolute atomic E-state index is 0.0198. The normalized spacial score (nSPS) is 16.0. The zero-order chi connectivity index (χ0) is 18.8. The first kappa shape index (κ1) is 17.3. The lowest BCUT2D eigenvalue weighted by atomic mass is 9.88. The SMILES string of the molecule is Cn1c(=O)cc(OCC(=O)N[C@@H]2CCCc3ccccc32)c2ccccc21. The van der Waals surface area contributed by atoms with Crippen LogP contribution in [0.1, 0.15) is 30.0 Å². The van der Waals surface area contributed by atoms with Crippen molar-refractivity contribution in [1.82, 2.24) is 9.88 Å². The third-order valence-corrected chi connectivity index (χ3v) is 5.18. The number of fused-ring (bicyclic) bond motifs is 2. The highest BCUT2D eigenvalue weighted by molar-refractivity contribution is 5.86. The number of carbonyl (C=O) groups excluding carboxylic acids is 1. The highest BCUT2D eigenvalue weighted by atomic mass is 16.5. The van der Waals surface area contributed by atoms with Crippen molar-refractivity contribution in [2.75, 3.05) is 6.61 Å². The average Bonchev–Trinajstić information content (AvgIpc) is 2.70. The van der Waals surface area contributed by atoms with Crippen LogP contribution in [-0.4, -0.2) is 17.1 Å². The van der Waals surface area contributed by atoms with Crippen molar-refractivity contribution >= 4 is 16.8 Å². The second-order valence-corrected chi connectivity index (χ2v) is 6.92. The molecule has 1 N–H and O–H groups in total. The van der Waals surface area contributed by atoms with E-state index in [1.165, 1.54) is 17.2 Å². The molecule has 0 spiro atoms. The van der Waals surface area contributed by atoms with Gasteiger partial charge in [0.25, 0.3) is 11.5 Å². The number of amides is 1. The number of aryl methyl sites for hydroxylation is 2. The Morgan fingerprint density at radius 2 is 1.96 bits per heavy atom. The van der Waals surface area contributed by atoms with Crippen LogP contribution >= 0.6 is 0 Å². The number of carbonyl (C=O) groups is 1. The van der Waals surface area contributed by atoms with Gasteiger partial charge in [-0.3, -0.25) is 9.59 Å². The summed E-state index contributed by atoms with van der Waals surface area (Å²) in [6.07, 6.45) is 3.04. The third kappa shape index (κ3) is 3.45. The van der Waals surface area contributed by atoms with E-state index in [9.17, 15) is 9.59 Å². The molecule has 5 heteroatoms. The van der Waals surface area contributed by atoms with Crippen LogP contribution in [0.2, 0.25) is 0 Å². The zero-order valence-electron chi connectivity index (χ0n) is 15.3. The number of hydrogen-bond acceptors (Lipinski definition) is 3. The molecule has 1 aromatic heterocycles. The van der Waals surface area contributed by atoms with Crippen molar-refractivity contribution in [3.05, 3.63) is 76.1 Å². The predicted octanol–water partition coefficient (Wildman–Crippen LogP) is 3.11. The van der Waals surface area contributed by atoms with E-state index in [-0.39, 0.29) is 24.1 Å². The van der Waals surface area contributed by atoms with Crippen molar-refractivity contribution in [3.8, 4) is 5.75 Å². The van der Waals surface area contributed by atoms with Crippen molar-refractivity contribution in [3.63, 3.8) is 0 Å². The lowest BCUT2D eigenvalue weighted by Gasteiger charge is -2.26. The van der Waals surface area contributed by atoms with Gasteiger partial charge in [0.05, 0.1) is 11.6 Å². The Hall–Kier alpha value is -3.08. The van der Waals surface area contributed by atoms with E-state index in [0.717, 1.165) is 30.2 Å². The number of hydrogen-bond donors (Lipinski definition) is 1. The number of pyridine rings is 1. The van der Waals surface area contributed by atoms with Crippen molar-refractivity contribution in [2.45, 2.75) is 25.3 Å². The number of rotatable bonds is 4. The number of para-hydroxylation sites is 1. The lowest BCUT2D eigenvalue weighted by molar-refractivity contribution is -0.123. The smallest absolute Gasteiger partial charge is 0.258 e. The summed E-state index contributed by atoms with van der Waals surface area (Å²) in [5.74, 6) is 0.259. The van der Waals surface area contributed by atoms with Crippen molar-refractivity contribution in [1.29, 1.82) is 0 Å². The van der Waals surface area contributed by atoms with Gasteiger partial charge in [-0.15, -0.1) is 0 Å². The molecule has 138 valence electrons. The highest BCUT2D eigenvalue weighted by Crippen LogP contribution is 2.29. The van der Waals surface area contributed by atoms with E-state index >= 15 is 0 Å². The van der Waals surface area contributed by atoms with Gasteiger partial charge in [0.1, 0.15) is 5.75 Å². The zero-order valence-corrected chi connectivity index (χ0v) is 15.3. The number of aromatic nitrogens is 1. The van der Waals surface area contributed by atoms with Crippen LogP contribution in [0.4, 0.5) is 0 Å². The maximum Gasteiger partial charge on any atom is 0.258 e. The summed E-state index contributed by atoms with van der Waals surface area (Å²) in [6.45, 7) is -0.115. The van der Waals surface area contributed by atoms with Crippen LogP contribution in [0.25, 0.3) is 10.9 Å². The number of nitrogens with zero attached hydrogens (tertiary/aromatic N) is 1. The Morgan fingerprint density at radius 3 is 2.85 bits per heavy atom. The molecule has 3 aromatic rings. The van der Waals surface area contributed by atoms with Gasteiger partial charge < -0.3 is 14.6 Å². The summed E-state index contributed by atoms with van der Waals surface area (Å²) in [5, 5.41) is 3.89. The van der Waals surface area contributed by atoms with Gasteiger partial charge in [-0.05, 0) is 42.5 Å². The van der Waals surface area contributed by atoms with E-state index < -0.39 is 0 Å². The molecule has 0 radical (unpaired) electrons. The molecule has 1 amide bonds. The highest BCUT2D eigenvalue weighted by Gasteiger charge is 2.21. The number of nitrogens with one attached hydrogen (secondary N) is 1. The first-order chi connectivity index (χ1) is 13.1. The van der Waals surface area contributed by atoms with Gasteiger partial charge in [-0.2, -0.15) is 0 Å². The molecular weight excluding hydrogens is 340 g/mol. The van der Waals surface area contributed by atoms with Gasteiger partial charge in [0.15, 0.2) is 6.61 Å². The molecule has 2 aromatic carbocycles. The quantitative estimate of drug-likeness (QED) is 0.776. The lowest BCUT2D eigenvalue weighted by Crippen LogP contribution is -2.34. The Bertz CT molecular complexity index is 1050. The second-order valence-electron chi connectivity index (χ2n) is 6.92. The van der Waals surface area contributed by atoms with Crippen LogP contribution in [-0.2, 0) is 18.3 Å². The first-order valence-electron chi connectivity index (χ1n) is 9.22. The van der Waals surface area contributed by atoms with Crippen LogP contribution in [0.15, 0.2) is 59.4 Å². The summed E-state index contributed by atoms with van der Waals surface area (Å²) < 4.78 is 7.29. The fourth-order valence-electron chi connectivity index (χ4n) is 3.78. The molecule has 5 nitrogen and oxygen atoms in total. The number of benzene rings is 2. The molecule has 0 fully saturated rings. The average molecular weight is 362 g/mol. The molecule has 4 rings (SSSR count). The Balaban J connectivity index is 1.49. The van der Waals surface area contributed by atoms with Crippen LogP contribution in [0.3, 0.4) is 0 Å². The molecule has 1 heterocycles. The third-order valence-electron chi connectivity index (χ3n) is 5.18. The summed E-state index contributed by atoms with van der Waals surface area (Å²) in [7, 11) is 1.72. The molecular formula is C22H22N2O3. The Morgan fingerprint density at radius 1 is 1.19 bits per heavy atom. The summed E-state index contributed by atoms with van der Waals surface area (Å²) in [6, 6.07) is 17.2. The molecule has 1 aliphatic carbocycles. The Kier molecular flexibility index (Phi) is 4.67. The topological polar surface area (TPSA) is 60.3 Å². The standard InChI is InChI=1S/C22H22N2O3/c1-24-19-12-5-4-10-17(19)20(13-22(24)26)27-14-21(25)23-18-11-6-8-15-7-2-3-9-16(15)18/h2-5,7,9-10,12-13,18H,6,8,11,14H2,1H3,(H,23,25)/t18-/m1/s1. The molecule has 1 aliphatic rings. The minimum Gasteiger partial charge on any atom is -0.483 e. The van der Waals surface area contributed by atoms with E-state index in [1.54, 1.807) is 11.6 Å². The maximum absolute atomic E-state index is 12.5. The van der Waals surface area contributed by atoms with E-state index in [0.29, 0.717) is 5.75 Å². The van der Waals surface area contributed by atoms with Gasteiger partial charge >= 0.3 is 0 Å². The molecule has 27 heavy (non-hydrogen) atoms. The minimum atomic E-state index is -0.179. The largest absolute Gasteiger partial charge is 0.483 e. The predicted molar refractivity (Wildman–Crippen MR) is 105 cm³/mol. The first-order valence-corrected chi connectivity index (χ1v) is 9.22. The van der Waals surface area contributed by atoms with E-state index in [1.807, 2.05) is 36.4 Å². The maximum atomic E-state index is 12.5. The number of ether oxygens (including phenoxy) is 1. The molecule has 0 bridgehead atoms. The second kappa shape index (κ2) is 7.27. The van der Waals surface area contributed by atoms with Crippen LogP contribution < -0.4 is 15.6 Å². The summed E-state index contributed by atoms with van der Waals surface area (Å²) in [5.41, 5.74) is 3.11. The van der Waals surface area contributed by atoms with Crippen molar-refractivity contribution < 1.29 is 9.53 Å². The fraction of sp³-hybridized carbons (Fsp3) is 0.273. The van der Waals surface area contributed by atoms with E-state index in [4.69, 9.17) is 4.74 Å². The van der Waals surface area contributed by atoms with Crippen LogP contribution in [0, 0.1) is 0 Å². The van der Waals surface area contributed by atoms with Gasteiger partial charge in [-0.25, -0.2) is 0 Å². The summed E-state index contributed by atoms with van der Waals surface area (Å²) in [4.78, 5) is 24.6.